The Bertz CT molecular complexity index is 1170. The average molecular weight is 691 g/mol. The van der Waals surface area contributed by atoms with Crippen LogP contribution in [0.5, 0.6) is 0 Å². The lowest BCUT2D eigenvalue weighted by Crippen LogP contribution is -2.45. The summed E-state index contributed by atoms with van der Waals surface area (Å²) in [6, 6.07) is 4.46. The molecule has 2 saturated carbocycles. The van der Waals surface area contributed by atoms with Crippen LogP contribution in [-0.4, -0.2) is 41.6 Å². The Morgan fingerprint density at radius 2 is 1.70 bits per heavy atom. The number of carbonyl (C=O) groups excluding carboxylic acids is 2. The number of ketones is 1. The molecule has 1 heterocycles. The van der Waals surface area contributed by atoms with E-state index in [1.54, 1.807) is 0 Å². The van der Waals surface area contributed by atoms with E-state index >= 15 is 0 Å². The summed E-state index contributed by atoms with van der Waals surface area (Å²) < 4.78 is 18.9. The molecule has 0 N–H and O–H groups in total. The molecule has 4 atom stereocenters. The lowest BCUT2D eigenvalue weighted by molar-refractivity contribution is -0.149. The highest BCUT2D eigenvalue weighted by Gasteiger charge is 2.48. The third-order valence-electron chi connectivity index (χ3n) is 12.2. The number of thiophene rings is 1. The Hall–Kier alpha value is -1.23. The van der Waals surface area contributed by atoms with E-state index in [0.717, 1.165) is 32.1 Å². The first-order valence-electron chi connectivity index (χ1n) is 17.9. The van der Waals surface area contributed by atoms with E-state index in [1.807, 2.05) is 11.3 Å². The van der Waals surface area contributed by atoms with Crippen LogP contribution in [0.4, 0.5) is 0 Å². The first-order valence-corrected chi connectivity index (χ1v) is 24.6. The van der Waals surface area contributed by atoms with E-state index in [-0.39, 0.29) is 45.2 Å². The third-order valence-corrected chi connectivity index (χ3v) is 21.9. The largest absolute Gasteiger partial charge is 0.547 e. The molecule has 0 spiro atoms. The molecule has 0 saturated heterocycles. The Labute approximate surface area is 287 Å². The summed E-state index contributed by atoms with van der Waals surface area (Å²) in [6.07, 6.45) is 12.9. The van der Waals surface area contributed by atoms with Crippen LogP contribution < -0.4 is 0 Å². The van der Waals surface area contributed by atoms with Gasteiger partial charge in [0.15, 0.2) is 8.32 Å². The molecule has 2 unspecified atom stereocenters. The summed E-state index contributed by atoms with van der Waals surface area (Å²) in [5.41, 5.74) is 0.284. The molecule has 0 aliphatic heterocycles. The van der Waals surface area contributed by atoms with Gasteiger partial charge in [-0.1, -0.05) is 73.8 Å². The highest BCUT2D eigenvalue weighted by molar-refractivity contribution is 7.09. The molecule has 0 bridgehead atoms. The van der Waals surface area contributed by atoms with Crippen molar-refractivity contribution in [1.82, 2.24) is 0 Å². The second-order valence-corrected chi connectivity index (χ2v) is 28.0. The molecular weight excluding hydrogens is 625 g/mol. The Morgan fingerprint density at radius 3 is 2.22 bits per heavy atom. The van der Waals surface area contributed by atoms with Gasteiger partial charge in [0.1, 0.15) is 5.78 Å². The van der Waals surface area contributed by atoms with Gasteiger partial charge in [-0.3, -0.25) is 9.59 Å². The van der Waals surface area contributed by atoms with Crippen molar-refractivity contribution in [2.24, 2.45) is 23.2 Å². The van der Waals surface area contributed by atoms with Crippen LogP contribution in [0.25, 0.3) is 0 Å². The maximum absolute atomic E-state index is 13.2. The van der Waals surface area contributed by atoms with Crippen molar-refractivity contribution in [3.8, 4) is 0 Å². The SMILES string of the molecule is COC(=O)C(CCCCCC=C(O[Si](C)(C)C(C)(C)C)[C@H](C)C1(Cc2cccs2)CCC1)[C@H]1CC(O[Si](C)(C)C(C)(C)C)CC1=O. The molecule has 5 nitrogen and oxygen atoms in total. The van der Waals surface area contributed by atoms with Gasteiger partial charge >= 0.3 is 5.97 Å². The van der Waals surface area contributed by atoms with Crippen LogP contribution in [0.2, 0.25) is 36.3 Å². The molecule has 8 heteroatoms. The summed E-state index contributed by atoms with van der Waals surface area (Å²) in [4.78, 5) is 27.6. The minimum absolute atomic E-state index is 0.0836. The average Bonchev–Trinajstić information content (AvgIpc) is 3.56. The second kappa shape index (κ2) is 15.5. The monoisotopic (exact) mass is 690 g/mol. The standard InChI is InChI=1S/C38H66O5SSi2/c1-28(38(22-18-23-38)27-30-19-17-24-44-30)34(43-46(11,12)37(5,6)7)21-16-14-13-15-20-31(35(40)41-8)32-25-29(26-33(32)39)42-45(9,10)36(2,3)4/h17,19,21,24,28-29,31-32H,13-16,18,20,22-23,25-27H2,1-12H3/t28-,29?,31?,32+/m0/s1. The molecule has 2 fully saturated rings. The van der Waals surface area contributed by atoms with Crippen LogP contribution in [0, 0.1) is 23.2 Å². The zero-order valence-corrected chi connectivity index (χ0v) is 34.2. The molecule has 0 aromatic carbocycles. The van der Waals surface area contributed by atoms with Crippen molar-refractivity contribution in [3.05, 3.63) is 34.2 Å². The predicted molar refractivity (Wildman–Crippen MR) is 198 cm³/mol. The summed E-state index contributed by atoms with van der Waals surface area (Å²) in [6.45, 7) is 25.2. The lowest BCUT2D eigenvalue weighted by atomic mass is 9.59. The van der Waals surface area contributed by atoms with Crippen LogP contribution >= 0.6 is 11.3 Å². The fourth-order valence-electron chi connectivity index (χ4n) is 6.72. The van der Waals surface area contributed by atoms with Gasteiger partial charge in [0, 0.05) is 23.1 Å². The number of Topliss-reactive ketones (excluding diaryl/α,β-unsaturated/α-hetero) is 1. The number of esters is 1. The van der Waals surface area contributed by atoms with E-state index in [9.17, 15) is 9.59 Å². The van der Waals surface area contributed by atoms with E-state index < -0.39 is 16.6 Å². The number of carbonyl (C=O) groups is 2. The van der Waals surface area contributed by atoms with Crippen LogP contribution in [0.1, 0.15) is 118 Å². The Morgan fingerprint density at radius 1 is 1.04 bits per heavy atom. The molecule has 262 valence electrons. The van der Waals surface area contributed by atoms with Crippen LogP contribution in [0.15, 0.2) is 29.3 Å². The molecule has 1 aromatic rings. The van der Waals surface area contributed by atoms with E-state index in [4.69, 9.17) is 13.6 Å². The summed E-state index contributed by atoms with van der Waals surface area (Å²) in [5.74, 6) is 0.831. The number of hydrogen-bond acceptors (Lipinski definition) is 6. The van der Waals surface area contributed by atoms with Gasteiger partial charge in [0.25, 0.3) is 0 Å². The van der Waals surface area contributed by atoms with Crippen molar-refractivity contribution >= 4 is 39.7 Å². The molecule has 2 aliphatic carbocycles. The summed E-state index contributed by atoms with van der Waals surface area (Å²) >= 11 is 1.88. The highest BCUT2D eigenvalue weighted by atomic mass is 32.1. The van der Waals surface area contributed by atoms with E-state index in [1.165, 1.54) is 37.0 Å². The molecule has 1 aromatic heterocycles. The van der Waals surface area contributed by atoms with Gasteiger partial charge in [0.05, 0.1) is 24.9 Å². The molecule has 46 heavy (non-hydrogen) atoms. The number of methoxy groups -OCH3 is 1. The predicted octanol–water partition coefficient (Wildman–Crippen LogP) is 11.1. The van der Waals surface area contributed by atoms with E-state index in [2.05, 4.69) is 98.2 Å². The van der Waals surface area contributed by atoms with Gasteiger partial charge in [0.2, 0.25) is 8.32 Å². The first kappa shape index (κ1) is 39.2. The first-order chi connectivity index (χ1) is 21.2. The van der Waals surface area contributed by atoms with Gasteiger partial charge < -0.3 is 13.6 Å². The minimum atomic E-state index is -1.99. The molecule has 2 aliphatic rings. The van der Waals surface area contributed by atoms with Crippen LogP contribution in [-0.2, 0) is 29.6 Å². The van der Waals surface area contributed by atoms with Gasteiger partial charge in [-0.2, -0.15) is 0 Å². The Balaban J connectivity index is 1.64. The summed E-state index contributed by atoms with van der Waals surface area (Å²) in [7, 11) is -2.54. The fraction of sp³-hybridized carbons (Fsp3) is 0.789. The number of unbranched alkanes of at least 4 members (excludes halogenated alkanes) is 3. The quantitative estimate of drug-likeness (QED) is 0.0748. The molecule has 0 amide bonds. The van der Waals surface area contributed by atoms with Crippen molar-refractivity contribution in [3.63, 3.8) is 0 Å². The zero-order valence-electron chi connectivity index (χ0n) is 31.3. The van der Waals surface area contributed by atoms with Gasteiger partial charge in [-0.25, -0.2) is 0 Å². The topological polar surface area (TPSA) is 61.8 Å². The van der Waals surface area contributed by atoms with E-state index in [0.29, 0.717) is 25.2 Å². The maximum Gasteiger partial charge on any atom is 0.309 e. The van der Waals surface area contributed by atoms with Crippen molar-refractivity contribution in [2.75, 3.05) is 7.11 Å². The number of ether oxygens (including phenoxy) is 1. The van der Waals surface area contributed by atoms with Crippen molar-refractivity contribution < 1.29 is 23.2 Å². The summed E-state index contributed by atoms with van der Waals surface area (Å²) in [5, 5.41) is 2.42. The Kier molecular flexibility index (Phi) is 13.3. The lowest BCUT2D eigenvalue weighted by Gasteiger charge is -2.49. The molecular formula is C38H66O5SSi2. The third kappa shape index (κ3) is 9.69. The van der Waals surface area contributed by atoms with Crippen LogP contribution in [0.3, 0.4) is 0 Å². The normalized spacial score (nSPS) is 22.3. The minimum Gasteiger partial charge on any atom is -0.547 e. The van der Waals surface area contributed by atoms with Crippen molar-refractivity contribution in [2.45, 2.75) is 161 Å². The zero-order chi connectivity index (χ0) is 34.6. The number of allylic oxidation sites excluding steroid dienone is 2. The molecule has 0 radical (unpaired) electrons. The number of hydrogen-bond donors (Lipinski definition) is 0. The fourth-order valence-corrected chi connectivity index (χ4v) is 10.1. The molecule has 3 rings (SSSR count). The van der Waals surface area contributed by atoms with Gasteiger partial charge in [-0.15, -0.1) is 11.3 Å². The van der Waals surface area contributed by atoms with Gasteiger partial charge in [-0.05, 0) is 104 Å². The maximum atomic E-state index is 13.2. The second-order valence-electron chi connectivity index (χ2n) is 17.4. The highest BCUT2D eigenvalue weighted by Crippen LogP contribution is 2.53. The number of rotatable bonds is 16. The smallest absolute Gasteiger partial charge is 0.309 e. The van der Waals surface area contributed by atoms with Crippen molar-refractivity contribution in [1.29, 1.82) is 0 Å².